The van der Waals surface area contributed by atoms with Gasteiger partial charge in [-0.25, -0.2) is 0 Å². The Morgan fingerprint density at radius 1 is 0.553 bits per heavy atom. The lowest BCUT2D eigenvalue weighted by Crippen LogP contribution is -2.41. The number of hydrogen-bond acceptors (Lipinski definition) is 2. The average Bonchev–Trinajstić information content (AvgIpc) is 3.36. The number of aromatic nitrogens is 1. The number of rotatable bonds is 2. The summed E-state index contributed by atoms with van der Waals surface area (Å²) in [4.78, 5) is 0. The molecule has 0 aliphatic carbocycles. The molecule has 1 aliphatic rings. The van der Waals surface area contributed by atoms with Crippen LogP contribution in [0.15, 0.2) is 97.1 Å². The molecule has 0 spiro atoms. The van der Waals surface area contributed by atoms with E-state index in [1.54, 1.807) is 0 Å². The molecule has 8 rings (SSSR count). The Labute approximate surface area is 222 Å². The molecule has 38 heavy (non-hydrogen) atoms. The van der Waals surface area contributed by atoms with E-state index in [0.717, 1.165) is 5.46 Å². The molecule has 0 amide bonds. The Hall–Kier alpha value is -3.86. The van der Waals surface area contributed by atoms with Gasteiger partial charge in [-0.3, -0.25) is 0 Å². The number of hydrogen-bond donors (Lipinski definition) is 0. The van der Waals surface area contributed by atoms with Crippen molar-refractivity contribution in [1.82, 2.24) is 4.57 Å². The first-order valence-corrected chi connectivity index (χ1v) is 13.4. The van der Waals surface area contributed by atoms with E-state index in [2.05, 4.69) is 129 Å². The third kappa shape index (κ3) is 2.87. The van der Waals surface area contributed by atoms with Crippen molar-refractivity contribution in [1.29, 1.82) is 0 Å². The van der Waals surface area contributed by atoms with Crippen LogP contribution in [-0.2, 0) is 9.31 Å². The lowest BCUT2D eigenvalue weighted by molar-refractivity contribution is 0.00578. The van der Waals surface area contributed by atoms with Gasteiger partial charge in [-0.2, -0.15) is 0 Å². The van der Waals surface area contributed by atoms with E-state index in [-0.39, 0.29) is 18.3 Å². The minimum absolute atomic E-state index is 0.373. The molecule has 0 N–H and O–H groups in total. The lowest BCUT2D eigenvalue weighted by atomic mass is 9.78. The van der Waals surface area contributed by atoms with Crippen molar-refractivity contribution in [2.45, 2.75) is 38.9 Å². The van der Waals surface area contributed by atoms with E-state index >= 15 is 0 Å². The molecule has 1 saturated heterocycles. The van der Waals surface area contributed by atoms with Crippen LogP contribution in [0.5, 0.6) is 0 Å². The van der Waals surface area contributed by atoms with Gasteiger partial charge in [-0.15, -0.1) is 0 Å². The highest BCUT2D eigenvalue weighted by molar-refractivity contribution is 6.62. The number of nitrogens with zero attached hydrogens (tertiary/aromatic N) is 1. The van der Waals surface area contributed by atoms with Gasteiger partial charge in [0.25, 0.3) is 0 Å². The summed E-state index contributed by atoms with van der Waals surface area (Å²) in [6, 6.07) is 35.5. The van der Waals surface area contributed by atoms with Crippen LogP contribution in [0.2, 0.25) is 0 Å². The van der Waals surface area contributed by atoms with E-state index in [4.69, 9.17) is 9.31 Å². The monoisotopic (exact) mass is 493 g/mol. The highest BCUT2D eigenvalue weighted by atomic mass is 16.7. The maximum absolute atomic E-state index is 6.40. The van der Waals surface area contributed by atoms with Crippen LogP contribution in [0.25, 0.3) is 59.8 Å². The molecule has 1 fully saturated rings. The summed E-state index contributed by atoms with van der Waals surface area (Å²) in [7, 11) is -0.388. The molecule has 0 radical (unpaired) electrons. The molecule has 0 atom stereocenters. The van der Waals surface area contributed by atoms with Gasteiger partial charge in [0.1, 0.15) is 0 Å². The molecule has 7 aromatic rings. The summed E-state index contributed by atoms with van der Waals surface area (Å²) in [6.45, 7) is 8.41. The predicted octanol–water partition coefficient (Wildman–Crippen LogP) is 7.98. The second-order valence-corrected chi connectivity index (χ2v) is 11.7. The quantitative estimate of drug-likeness (QED) is 0.180. The highest BCUT2D eigenvalue weighted by Gasteiger charge is 2.51. The number of para-hydroxylation sites is 1. The Bertz CT molecular complexity index is 2020. The second kappa shape index (κ2) is 7.38. The first-order chi connectivity index (χ1) is 18.3. The largest absolute Gasteiger partial charge is 0.494 e. The van der Waals surface area contributed by atoms with Crippen LogP contribution in [-0.4, -0.2) is 22.9 Å². The predicted molar refractivity (Wildman–Crippen MR) is 160 cm³/mol. The third-order valence-electron chi connectivity index (χ3n) is 8.97. The van der Waals surface area contributed by atoms with Crippen LogP contribution in [0.1, 0.15) is 27.7 Å². The first-order valence-electron chi connectivity index (χ1n) is 13.4. The molecular formula is C34H28BNO2. The van der Waals surface area contributed by atoms with Gasteiger partial charge in [0.05, 0.1) is 27.9 Å². The van der Waals surface area contributed by atoms with Crippen molar-refractivity contribution < 1.29 is 9.31 Å². The van der Waals surface area contributed by atoms with Gasteiger partial charge in [0.2, 0.25) is 0 Å². The molecule has 0 bridgehead atoms. The van der Waals surface area contributed by atoms with Crippen LogP contribution < -0.4 is 5.46 Å². The molecule has 184 valence electrons. The fourth-order valence-corrected chi connectivity index (χ4v) is 6.29. The summed E-state index contributed by atoms with van der Waals surface area (Å²) >= 11 is 0. The standard InChI is InChI=1S/C34H28BNO2/c1-33(2)34(3,4)38-35(37-33)24-16-19-30-27(20-24)25-10-5-6-11-28(25)36(30)29-18-15-23-13-12-21-8-7-9-22-14-17-26(29)32(23)31(21)22/h5-20H,1-4H3. The average molecular weight is 493 g/mol. The molecule has 0 unspecified atom stereocenters. The summed E-state index contributed by atoms with van der Waals surface area (Å²) in [6.07, 6.45) is 0. The van der Waals surface area contributed by atoms with Crippen molar-refractivity contribution in [2.75, 3.05) is 0 Å². The van der Waals surface area contributed by atoms with E-state index in [1.165, 1.54) is 59.8 Å². The van der Waals surface area contributed by atoms with Crippen molar-refractivity contribution >= 4 is 66.7 Å². The Morgan fingerprint density at radius 3 is 1.95 bits per heavy atom. The second-order valence-electron chi connectivity index (χ2n) is 11.7. The zero-order chi connectivity index (χ0) is 25.8. The third-order valence-corrected chi connectivity index (χ3v) is 8.97. The summed E-state index contributed by atoms with van der Waals surface area (Å²) < 4.78 is 15.2. The maximum Gasteiger partial charge on any atom is 0.494 e. The number of fused-ring (bicyclic) bond motifs is 3. The minimum Gasteiger partial charge on any atom is -0.399 e. The van der Waals surface area contributed by atoms with Crippen LogP contribution in [0, 0.1) is 0 Å². The molecule has 0 saturated carbocycles. The molecule has 3 nitrogen and oxygen atoms in total. The van der Waals surface area contributed by atoms with Gasteiger partial charge in [-0.1, -0.05) is 78.9 Å². The summed E-state index contributed by atoms with van der Waals surface area (Å²) in [5, 5.41) is 10.2. The molecule has 6 aromatic carbocycles. The minimum atomic E-state index is -0.388. The van der Waals surface area contributed by atoms with E-state index in [9.17, 15) is 0 Å². The summed E-state index contributed by atoms with van der Waals surface area (Å²) in [5.41, 5.74) is 3.88. The fraction of sp³-hybridized carbons (Fsp3) is 0.176. The Morgan fingerprint density at radius 2 is 1.18 bits per heavy atom. The van der Waals surface area contributed by atoms with Crippen molar-refractivity contribution in [2.24, 2.45) is 0 Å². The van der Waals surface area contributed by atoms with E-state index < -0.39 is 0 Å². The Balaban J connectivity index is 1.41. The Kier molecular flexibility index (Phi) is 4.30. The fourth-order valence-electron chi connectivity index (χ4n) is 6.29. The SMILES string of the molecule is CC1(C)OB(c2ccc3c(c2)c2ccccc2n3-c2ccc3ccc4cccc5ccc2c3c45)OC1(C)C. The van der Waals surface area contributed by atoms with Gasteiger partial charge >= 0.3 is 7.12 Å². The topological polar surface area (TPSA) is 23.4 Å². The molecule has 2 heterocycles. The molecule has 1 aliphatic heterocycles. The molecule has 1 aromatic heterocycles. The van der Waals surface area contributed by atoms with Crippen molar-refractivity contribution in [3.8, 4) is 5.69 Å². The first kappa shape index (κ1) is 22.2. The summed E-state index contributed by atoms with van der Waals surface area (Å²) in [5.74, 6) is 0. The zero-order valence-electron chi connectivity index (χ0n) is 22.1. The maximum atomic E-state index is 6.40. The van der Waals surface area contributed by atoms with Crippen LogP contribution in [0.3, 0.4) is 0 Å². The van der Waals surface area contributed by atoms with Crippen LogP contribution in [0.4, 0.5) is 0 Å². The smallest absolute Gasteiger partial charge is 0.399 e. The van der Waals surface area contributed by atoms with Gasteiger partial charge in [-0.05, 0) is 78.3 Å². The van der Waals surface area contributed by atoms with Gasteiger partial charge < -0.3 is 13.9 Å². The van der Waals surface area contributed by atoms with Crippen molar-refractivity contribution in [3.63, 3.8) is 0 Å². The highest BCUT2D eigenvalue weighted by Crippen LogP contribution is 2.41. The van der Waals surface area contributed by atoms with Crippen LogP contribution >= 0.6 is 0 Å². The number of benzene rings is 6. The molecular weight excluding hydrogens is 465 g/mol. The molecule has 4 heteroatoms. The van der Waals surface area contributed by atoms with Crippen molar-refractivity contribution in [3.05, 3.63) is 97.1 Å². The zero-order valence-corrected chi connectivity index (χ0v) is 22.1. The van der Waals surface area contributed by atoms with E-state index in [1.807, 2.05) is 0 Å². The van der Waals surface area contributed by atoms with Gasteiger partial charge in [0.15, 0.2) is 0 Å². The lowest BCUT2D eigenvalue weighted by Gasteiger charge is -2.32. The van der Waals surface area contributed by atoms with Gasteiger partial charge in [0, 0.05) is 16.2 Å². The van der Waals surface area contributed by atoms with E-state index in [0.29, 0.717) is 0 Å². The normalized spacial score (nSPS) is 17.1.